The highest BCUT2D eigenvalue weighted by atomic mass is 35.5. The van der Waals surface area contributed by atoms with Gasteiger partial charge in [-0.2, -0.15) is 0 Å². The van der Waals surface area contributed by atoms with Crippen LogP contribution >= 0.6 is 11.6 Å². The van der Waals surface area contributed by atoms with Crippen LogP contribution in [0.1, 0.15) is 5.56 Å². The quantitative estimate of drug-likeness (QED) is 0.685. The van der Waals surface area contributed by atoms with Crippen molar-refractivity contribution in [3.8, 4) is 5.75 Å². The number of likely N-dealkylation sites (N-methyl/N-ethyl adjacent to an activating group) is 1. The predicted molar refractivity (Wildman–Crippen MR) is 55.0 cm³/mol. The average molecular weight is 198 g/mol. The van der Waals surface area contributed by atoms with Crippen LogP contribution in [-0.4, -0.2) is 20.7 Å². The molecule has 1 aliphatic heterocycles. The van der Waals surface area contributed by atoms with E-state index in [1.54, 1.807) is 7.11 Å². The lowest BCUT2D eigenvalue weighted by atomic mass is 10.1. The van der Waals surface area contributed by atoms with Crippen molar-refractivity contribution in [2.75, 3.05) is 25.6 Å². The molecule has 0 N–H and O–H groups in total. The molecule has 1 heterocycles. The maximum atomic E-state index is 6.17. The zero-order valence-corrected chi connectivity index (χ0v) is 8.56. The van der Waals surface area contributed by atoms with Crippen molar-refractivity contribution in [2.45, 2.75) is 6.42 Å². The van der Waals surface area contributed by atoms with Gasteiger partial charge in [0.05, 0.1) is 12.1 Å². The number of rotatable bonds is 1. The molecule has 2 rings (SSSR count). The van der Waals surface area contributed by atoms with E-state index in [1.165, 1.54) is 11.3 Å². The number of benzene rings is 1. The molecule has 0 amide bonds. The zero-order valence-electron chi connectivity index (χ0n) is 7.80. The molecule has 0 unspecified atom stereocenters. The average Bonchev–Trinajstić information content (AvgIpc) is 2.50. The second-order valence-corrected chi connectivity index (χ2v) is 3.63. The minimum Gasteiger partial charge on any atom is -0.495 e. The number of nitrogens with zero attached hydrogens (tertiary/aromatic N) is 1. The summed E-state index contributed by atoms with van der Waals surface area (Å²) in [5, 5.41) is 0.768. The van der Waals surface area contributed by atoms with E-state index in [-0.39, 0.29) is 0 Å². The SMILES string of the molecule is COc1ccc2c(c1Cl)CCN2C. The van der Waals surface area contributed by atoms with Crippen molar-refractivity contribution in [3.63, 3.8) is 0 Å². The van der Waals surface area contributed by atoms with Gasteiger partial charge in [0.2, 0.25) is 0 Å². The van der Waals surface area contributed by atoms with Crippen LogP contribution in [0.5, 0.6) is 5.75 Å². The summed E-state index contributed by atoms with van der Waals surface area (Å²) >= 11 is 6.17. The van der Waals surface area contributed by atoms with E-state index in [0.29, 0.717) is 0 Å². The maximum Gasteiger partial charge on any atom is 0.137 e. The minimum atomic E-state index is 0.768. The Labute approximate surface area is 83.1 Å². The van der Waals surface area contributed by atoms with Crippen LogP contribution in [0.4, 0.5) is 5.69 Å². The number of halogens is 1. The van der Waals surface area contributed by atoms with Gasteiger partial charge in [0.15, 0.2) is 0 Å². The summed E-state index contributed by atoms with van der Waals surface area (Å²) in [5.41, 5.74) is 2.44. The van der Waals surface area contributed by atoms with Crippen LogP contribution in [0.15, 0.2) is 12.1 Å². The number of fused-ring (bicyclic) bond motifs is 1. The number of anilines is 1. The lowest BCUT2D eigenvalue weighted by molar-refractivity contribution is 0.414. The summed E-state index contributed by atoms with van der Waals surface area (Å²) in [7, 11) is 3.72. The lowest BCUT2D eigenvalue weighted by Gasteiger charge is -2.13. The third-order valence-electron chi connectivity index (χ3n) is 2.51. The fourth-order valence-electron chi connectivity index (χ4n) is 1.74. The molecule has 0 aliphatic carbocycles. The number of hydrogen-bond donors (Lipinski definition) is 0. The molecule has 1 aliphatic rings. The third kappa shape index (κ3) is 1.25. The van der Waals surface area contributed by atoms with E-state index < -0.39 is 0 Å². The zero-order chi connectivity index (χ0) is 9.42. The molecule has 0 atom stereocenters. The minimum absolute atomic E-state index is 0.768. The highest BCUT2D eigenvalue weighted by molar-refractivity contribution is 6.33. The monoisotopic (exact) mass is 197 g/mol. The largest absolute Gasteiger partial charge is 0.495 e. The third-order valence-corrected chi connectivity index (χ3v) is 2.93. The molecule has 1 aromatic rings. The summed E-state index contributed by atoms with van der Waals surface area (Å²) in [6, 6.07) is 3.98. The predicted octanol–water partition coefficient (Wildman–Crippen LogP) is 2.34. The Bertz CT molecular complexity index is 338. The Morgan fingerprint density at radius 3 is 2.92 bits per heavy atom. The van der Waals surface area contributed by atoms with Crippen LogP contribution in [0.2, 0.25) is 5.02 Å². The van der Waals surface area contributed by atoms with Crippen LogP contribution in [0.25, 0.3) is 0 Å². The first-order valence-electron chi connectivity index (χ1n) is 4.30. The summed E-state index contributed by atoms with van der Waals surface area (Å²) < 4.78 is 5.16. The first-order chi connectivity index (χ1) is 6.24. The molecule has 0 saturated heterocycles. The summed E-state index contributed by atoms with van der Waals surface area (Å²) in [6.07, 6.45) is 1.02. The van der Waals surface area contributed by atoms with Crippen molar-refractivity contribution in [1.29, 1.82) is 0 Å². The number of ether oxygens (including phenoxy) is 1. The van der Waals surface area contributed by atoms with Crippen molar-refractivity contribution in [2.24, 2.45) is 0 Å². The van der Waals surface area contributed by atoms with Gasteiger partial charge in [0, 0.05) is 19.3 Å². The fraction of sp³-hybridized carbons (Fsp3) is 0.400. The molecule has 0 saturated carbocycles. The standard InChI is InChI=1S/C10H12ClNO/c1-12-6-5-7-8(12)3-4-9(13-2)10(7)11/h3-4H,5-6H2,1-2H3. The van der Waals surface area contributed by atoms with Crippen molar-refractivity contribution in [1.82, 2.24) is 0 Å². The maximum absolute atomic E-state index is 6.17. The normalized spacial score (nSPS) is 14.5. The highest BCUT2D eigenvalue weighted by Crippen LogP contribution is 2.38. The molecule has 0 radical (unpaired) electrons. The van der Waals surface area contributed by atoms with Gasteiger partial charge in [-0.15, -0.1) is 0 Å². The lowest BCUT2D eigenvalue weighted by Crippen LogP contribution is -2.12. The summed E-state index contributed by atoms with van der Waals surface area (Å²) in [5.74, 6) is 0.774. The van der Waals surface area contributed by atoms with Crippen LogP contribution in [0, 0.1) is 0 Å². The summed E-state index contributed by atoms with van der Waals surface area (Å²) in [6.45, 7) is 1.04. The van der Waals surface area contributed by atoms with Gasteiger partial charge in [-0.25, -0.2) is 0 Å². The van der Waals surface area contributed by atoms with E-state index in [2.05, 4.69) is 18.0 Å². The van der Waals surface area contributed by atoms with Crippen LogP contribution in [-0.2, 0) is 6.42 Å². The molecule has 3 heteroatoms. The van der Waals surface area contributed by atoms with Gasteiger partial charge in [-0.05, 0) is 24.1 Å². The Kier molecular flexibility index (Phi) is 2.08. The van der Waals surface area contributed by atoms with Gasteiger partial charge in [-0.3, -0.25) is 0 Å². The van der Waals surface area contributed by atoms with E-state index in [4.69, 9.17) is 16.3 Å². The molecule has 0 bridgehead atoms. The van der Waals surface area contributed by atoms with Gasteiger partial charge < -0.3 is 9.64 Å². The molecule has 0 fully saturated rings. The fourth-order valence-corrected chi connectivity index (χ4v) is 2.07. The second-order valence-electron chi connectivity index (χ2n) is 3.25. The molecule has 13 heavy (non-hydrogen) atoms. The first-order valence-corrected chi connectivity index (χ1v) is 4.68. The number of hydrogen-bond acceptors (Lipinski definition) is 2. The second kappa shape index (κ2) is 3.11. The highest BCUT2D eigenvalue weighted by Gasteiger charge is 2.20. The smallest absolute Gasteiger partial charge is 0.137 e. The van der Waals surface area contributed by atoms with E-state index in [0.717, 1.165) is 23.7 Å². The van der Waals surface area contributed by atoms with E-state index >= 15 is 0 Å². The summed E-state index contributed by atoms with van der Waals surface area (Å²) in [4.78, 5) is 2.21. The van der Waals surface area contributed by atoms with Gasteiger partial charge in [-0.1, -0.05) is 11.6 Å². The molecule has 0 spiro atoms. The van der Waals surface area contributed by atoms with Gasteiger partial charge in [0.25, 0.3) is 0 Å². The molecule has 1 aromatic carbocycles. The molecular weight excluding hydrogens is 186 g/mol. The first kappa shape index (κ1) is 8.70. The Hall–Kier alpha value is -0.890. The molecule has 70 valence electrons. The topological polar surface area (TPSA) is 12.5 Å². The van der Waals surface area contributed by atoms with Crippen LogP contribution < -0.4 is 9.64 Å². The van der Waals surface area contributed by atoms with Crippen LogP contribution in [0.3, 0.4) is 0 Å². The Balaban J connectivity index is 2.54. The van der Waals surface area contributed by atoms with Gasteiger partial charge >= 0.3 is 0 Å². The number of methoxy groups -OCH3 is 1. The van der Waals surface area contributed by atoms with Crippen molar-refractivity contribution in [3.05, 3.63) is 22.7 Å². The van der Waals surface area contributed by atoms with Crippen molar-refractivity contribution >= 4 is 17.3 Å². The van der Waals surface area contributed by atoms with E-state index in [1.807, 2.05) is 6.07 Å². The van der Waals surface area contributed by atoms with Gasteiger partial charge in [0.1, 0.15) is 5.75 Å². The van der Waals surface area contributed by atoms with E-state index in [9.17, 15) is 0 Å². The Morgan fingerprint density at radius 1 is 1.46 bits per heavy atom. The molecule has 0 aromatic heterocycles. The molecule has 2 nitrogen and oxygen atoms in total. The molecular formula is C10H12ClNO. The Morgan fingerprint density at radius 2 is 2.23 bits per heavy atom. The van der Waals surface area contributed by atoms with Crippen molar-refractivity contribution < 1.29 is 4.74 Å².